The zero-order valence-electron chi connectivity index (χ0n) is 14.8. The van der Waals surface area contributed by atoms with Crippen molar-refractivity contribution in [3.8, 4) is 5.75 Å². The Bertz CT molecular complexity index is 645. The number of aliphatic carboxylic acids is 1. The Kier molecular flexibility index (Phi) is 4.99. The third-order valence-electron chi connectivity index (χ3n) is 5.68. The topological polar surface area (TPSA) is 78.9 Å². The highest BCUT2D eigenvalue weighted by atomic mass is 16.5. The predicted molar refractivity (Wildman–Crippen MR) is 94.7 cm³/mol. The van der Waals surface area contributed by atoms with Crippen molar-refractivity contribution in [2.45, 2.75) is 39.2 Å². The number of nitrogens with zero attached hydrogens (tertiary/aromatic N) is 1. The first kappa shape index (κ1) is 17.7. The fraction of sp³-hybridized carbons (Fsp3) is 0.579. The summed E-state index contributed by atoms with van der Waals surface area (Å²) in [7, 11) is 0. The number of carboxylic acids is 1. The van der Waals surface area contributed by atoms with Gasteiger partial charge in [-0.3, -0.25) is 14.5 Å². The molecule has 0 spiro atoms. The molecule has 0 bridgehead atoms. The summed E-state index contributed by atoms with van der Waals surface area (Å²) in [5.74, 6) is 0.108. The molecule has 1 aromatic carbocycles. The average Bonchev–Trinajstić information content (AvgIpc) is 3.14. The number of nitrogens with one attached hydrogen (secondary N) is 1. The molecule has 136 valence electrons. The fourth-order valence-corrected chi connectivity index (χ4v) is 4.19. The first-order valence-electron chi connectivity index (χ1n) is 8.97. The third-order valence-corrected chi connectivity index (χ3v) is 5.68. The number of carboxylic acid groups (broad SMARTS) is 1. The van der Waals surface area contributed by atoms with E-state index in [4.69, 9.17) is 4.74 Å². The number of carbonyl (C=O) groups excluding carboxylic acids is 1. The molecule has 0 aromatic heterocycles. The lowest BCUT2D eigenvalue weighted by atomic mass is 9.81. The summed E-state index contributed by atoms with van der Waals surface area (Å²) in [6.45, 7) is 5.52. The molecule has 25 heavy (non-hydrogen) atoms. The molecular formula is C19H26N2O4. The van der Waals surface area contributed by atoms with E-state index in [1.165, 1.54) is 0 Å². The Morgan fingerprint density at radius 1 is 1.40 bits per heavy atom. The first-order valence-corrected chi connectivity index (χ1v) is 8.97. The van der Waals surface area contributed by atoms with E-state index in [9.17, 15) is 14.7 Å². The van der Waals surface area contributed by atoms with E-state index in [0.29, 0.717) is 25.4 Å². The summed E-state index contributed by atoms with van der Waals surface area (Å²) in [5, 5.41) is 12.6. The van der Waals surface area contributed by atoms with Gasteiger partial charge < -0.3 is 15.2 Å². The van der Waals surface area contributed by atoms with Crippen molar-refractivity contribution in [3.05, 3.63) is 24.3 Å². The summed E-state index contributed by atoms with van der Waals surface area (Å²) < 4.78 is 5.39. The lowest BCUT2D eigenvalue weighted by Crippen LogP contribution is -2.43. The van der Waals surface area contributed by atoms with E-state index in [-0.39, 0.29) is 17.9 Å². The highest BCUT2D eigenvalue weighted by Gasteiger charge is 2.55. The van der Waals surface area contributed by atoms with Gasteiger partial charge >= 0.3 is 5.97 Å². The molecule has 1 amide bonds. The largest absolute Gasteiger partial charge is 0.494 e. The Labute approximate surface area is 148 Å². The van der Waals surface area contributed by atoms with Gasteiger partial charge in [0, 0.05) is 18.8 Å². The van der Waals surface area contributed by atoms with E-state index in [1.54, 1.807) is 0 Å². The van der Waals surface area contributed by atoms with Crippen molar-refractivity contribution in [3.63, 3.8) is 0 Å². The van der Waals surface area contributed by atoms with Crippen molar-refractivity contribution in [1.29, 1.82) is 0 Å². The van der Waals surface area contributed by atoms with Crippen LogP contribution in [0.4, 0.5) is 5.69 Å². The van der Waals surface area contributed by atoms with E-state index in [2.05, 4.69) is 5.32 Å². The minimum absolute atomic E-state index is 0.107. The van der Waals surface area contributed by atoms with E-state index in [0.717, 1.165) is 25.0 Å². The number of likely N-dealkylation sites (tertiary alicyclic amines) is 1. The van der Waals surface area contributed by atoms with Gasteiger partial charge in [-0.1, -0.05) is 6.42 Å². The summed E-state index contributed by atoms with van der Waals surface area (Å²) in [6, 6.07) is 6.92. The van der Waals surface area contributed by atoms with Crippen molar-refractivity contribution < 1.29 is 19.4 Å². The molecule has 0 radical (unpaired) electrons. The normalized spacial score (nSPS) is 26.9. The maximum absolute atomic E-state index is 12.6. The molecular weight excluding hydrogens is 320 g/mol. The minimum atomic E-state index is -0.711. The maximum Gasteiger partial charge on any atom is 0.311 e. The van der Waals surface area contributed by atoms with Crippen LogP contribution in [0.25, 0.3) is 0 Å². The van der Waals surface area contributed by atoms with Crippen molar-refractivity contribution >= 4 is 17.6 Å². The number of ether oxygens (including phenoxy) is 1. The monoisotopic (exact) mass is 346 g/mol. The van der Waals surface area contributed by atoms with Gasteiger partial charge in [-0.15, -0.1) is 0 Å². The van der Waals surface area contributed by atoms with Crippen LogP contribution < -0.4 is 10.1 Å². The second-order valence-corrected chi connectivity index (χ2v) is 7.10. The van der Waals surface area contributed by atoms with Crippen LogP contribution in [0.1, 0.15) is 33.1 Å². The second kappa shape index (κ2) is 7.04. The van der Waals surface area contributed by atoms with Crippen molar-refractivity contribution in [1.82, 2.24) is 4.90 Å². The number of anilines is 1. The maximum atomic E-state index is 12.6. The molecule has 2 N–H and O–H groups in total. The van der Waals surface area contributed by atoms with E-state index < -0.39 is 11.4 Å². The second-order valence-electron chi connectivity index (χ2n) is 7.10. The van der Waals surface area contributed by atoms with Crippen molar-refractivity contribution in [2.75, 3.05) is 25.0 Å². The fourth-order valence-electron chi connectivity index (χ4n) is 4.19. The number of carbonyl (C=O) groups is 2. The molecule has 1 aromatic rings. The van der Waals surface area contributed by atoms with Gasteiger partial charge in [-0.2, -0.15) is 0 Å². The molecule has 1 heterocycles. The van der Waals surface area contributed by atoms with Crippen molar-refractivity contribution in [2.24, 2.45) is 11.3 Å². The molecule has 1 unspecified atom stereocenters. The Morgan fingerprint density at radius 2 is 2.12 bits per heavy atom. The van der Waals surface area contributed by atoms with Crippen LogP contribution in [0, 0.1) is 11.3 Å². The Balaban J connectivity index is 1.62. The van der Waals surface area contributed by atoms with E-state index in [1.807, 2.05) is 43.0 Å². The highest BCUT2D eigenvalue weighted by molar-refractivity contribution is 5.94. The Morgan fingerprint density at radius 3 is 2.72 bits per heavy atom. The summed E-state index contributed by atoms with van der Waals surface area (Å²) in [4.78, 5) is 26.4. The number of hydrogen-bond donors (Lipinski definition) is 2. The van der Waals surface area contributed by atoms with Crippen LogP contribution in [0.3, 0.4) is 0 Å². The van der Waals surface area contributed by atoms with Crippen LogP contribution in [0.5, 0.6) is 5.75 Å². The van der Waals surface area contributed by atoms with Gasteiger partial charge in [0.2, 0.25) is 5.91 Å². The molecule has 3 rings (SSSR count). The van der Waals surface area contributed by atoms with Gasteiger partial charge in [0.25, 0.3) is 0 Å². The number of rotatable bonds is 6. The van der Waals surface area contributed by atoms with Gasteiger partial charge in [-0.25, -0.2) is 0 Å². The molecule has 1 aliphatic heterocycles. The van der Waals surface area contributed by atoms with Crippen LogP contribution in [0.2, 0.25) is 0 Å². The molecule has 1 saturated carbocycles. The highest BCUT2D eigenvalue weighted by Crippen LogP contribution is 2.49. The molecule has 1 saturated heterocycles. The van der Waals surface area contributed by atoms with E-state index >= 15 is 0 Å². The van der Waals surface area contributed by atoms with Crippen LogP contribution >= 0.6 is 0 Å². The average molecular weight is 346 g/mol. The molecule has 2 fully saturated rings. The van der Waals surface area contributed by atoms with Crippen LogP contribution in [-0.2, 0) is 9.59 Å². The zero-order chi connectivity index (χ0) is 18.0. The third kappa shape index (κ3) is 3.35. The molecule has 6 nitrogen and oxygen atoms in total. The molecule has 3 atom stereocenters. The van der Waals surface area contributed by atoms with Gasteiger partial charge in [-0.05, 0) is 56.9 Å². The lowest BCUT2D eigenvalue weighted by Gasteiger charge is -2.26. The summed E-state index contributed by atoms with van der Waals surface area (Å²) in [5.41, 5.74) is 0.0564. The zero-order valence-corrected chi connectivity index (χ0v) is 14.8. The summed E-state index contributed by atoms with van der Waals surface area (Å²) >= 11 is 0. The Hall–Kier alpha value is -2.08. The van der Waals surface area contributed by atoms with Crippen LogP contribution in [0.15, 0.2) is 24.3 Å². The number of fused-ring (bicyclic) bond motifs is 1. The smallest absolute Gasteiger partial charge is 0.311 e. The quantitative estimate of drug-likeness (QED) is 0.828. The predicted octanol–water partition coefficient (Wildman–Crippen LogP) is 2.60. The molecule has 6 heteroatoms. The number of hydrogen-bond acceptors (Lipinski definition) is 4. The van der Waals surface area contributed by atoms with Crippen LogP contribution in [-0.4, -0.2) is 47.6 Å². The number of amides is 1. The summed E-state index contributed by atoms with van der Waals surface area (Å²) in [6.07, 6.45) is 2.63. The number of benzene rings is 1. The SMILES string of the molecule is CCOc1ccc(NC(=O)C(C)N2C[C@@H]3CCC[C@@]3(C(=O)O)C2)cc1. The first-order chi connectivity index (χ1) is 12.0. The van der Waals surface area contributed by atoms with Gasteiger partial charge in [0.05, 0.1) is 18.1 Å². The molecule has 2 aliphatic rings. The van der Waals surface area contributed by atoms with Gasteiger partial charge in [0.15, 0.2) is 0 Å². The lowest BCUT2D eigenvalue weighted by molar-refractivity contribution is -0.149. The van der Waals surface area contributed by atoms with Gasteiger partial charge in [0.1, 0.15) is 5.75 Å². The standard InChI is InChI=1S/C19H26N2O4/c1-3-25-16-8-6-15(7-9-16)20-17(22)13(2)21-11-14-5-4-10-19(14,12-21)18(23)24/h6-9,13-14H,3-5,10-12H2,1-2H3,(H,20,22)(H,23,24)/t13?,14-,19+/m0/s1. The minimum Gasteiger partial charge on any atom is -0.494 e. The molecule has 1 aliphatic carbocycles.